The Morgan fingerprint density at radius 1 is 1.02 bits per heavy atom. The van der Waals surface area contributed by atoms with E-state index in [1.807, 2.05) is 11.8 Å². The molecule has 2 aromatic heterocycles. The van der Waals surface area contributed by atoms with Crippen molar-refractivity contribution in [3.63, 3.8) is 0 Å². The van der Waals surface area contributed by atoms with Crippen LogP contribution in [0, 0.1) is 11.8 Å². The number of carbonyl (C=O) groups is 3. The number of carboxylic acids is 1. The Labute approximate surface area is 288 Å². The number of amides is 1. The fourth-order valence-electron chi connectivity index (χ4n) is 6.58. The number of aliphatic carboxylic acids is 1. The van der Waals surface area contributed by atoms with Gasteiger partial charge in [0, 0.05) is 19.5 Å². The quantitative estimate of drug-likeness (QED) is 0.154. The van der Waals surface area contributed by atoms with Gasteiger partial charge in [0.15, 0.2) is 11.6 Å². The number of cyclic esters (lactones) is 1. The average molecular weight is 727 g/mol. The predicted octanol–water partition coefficient (Wildman–Crippen LogP) is 8.63. The third kappa shape index (κ3) is 8.38. The molecule has 1 aliphatic carbocycles. The van der Waals surface area contributed by atoms with Crippen molar-refractivity contribution in [1.29, 1.82) is 0 Å². The molecule has 9 nitrogen and oxygen atoms in total. The highest BCUT2D eigenvalue weighted by atomic mass is 32.1. The van der Waals surface area contributed by atoms with Crippen LogP contribution in [0.2, 0.25) is 0 Å². The van der Waals surface area contributed by atoms with E-state index >= 15 is 0 Å². The molecular formula is C34H36F6N4O5S. The van der Waals surface area contributed by atoms with E-state index in [1.54, 1.807) is 18.3 Å². The van der Waals surface area contributed by atoms with Gasteiger partial charge in [0.1, 0.15) is 11.8 Å². The number of hydrogen-bond donors (Lipinski definition) is 1. The lowest BCUT2D eigenvalue weighted by atomic mass is 9.80. The maximum atomic E-state index is 13.6. The van der Waals surface area contributed by atoms with Crippen LogP contribution in [0.15, 0.2) is 36.5 Å². The lowest BCUT2D eigenvalue weighted by Gasteiger charge is -2.33. The summed E-state index contributed by atoms with van der Waals surface area (Å²) in [4.78, 5) is 50.3. The Balaban J connectivity index is 1.47. The van der Waals surface area contributed by atoms with E-state index in [-0.39, 0.29) is 36.7 Å². The van der Waals surface area contributed by atoms with Crippen LogP contribution in [-0.4, -0.2) is 57.0 Å². The predicted molar refractivity (Wildman–Crippen MR) is 172 cm³/mol. The smallest absolute Gasteiger partial charge is 0.416 e. The number of ketones is 1. The number of anilines is 1. The Morgan fingerprint density at radius 2 is 1.64 bits per heavy atom. The number of benzene rings is 1. The number of hydrogen-bond acceptors (Lipinski definition) is 8. The SMILES string of the molecule is CCN(CC1CCC(CC(=O)O)CC1)c1ncc(-c2ccc(C(C)=O)s2)nc1CN1C(=O)OC(c2cc(C(F)(F)F)cc(C(F)(F)F)c2)[C@@H]1C. The molecule has 50 heavy (non-hydrogen) atoms. The van der Waals surface area contributed by atoms with Gasteiger partial charge in [-0.05, 0) is 94.2 Å². The van der Waals surface area contributed by atoms with Crippen LogP contribution in [-0.2, 0) is 28.4 Å². The molecule has 3 heterocycles. The van der Waals surface area contributed by atoms with Crippen molar-refractivity contribution in [3.05, 3.63) is 63.8 Å². The standard InChI is InChI=1S/C34H36F6N4O5S/c1-4-43(16-21-7-5-20(6-8-21)11-29(46)47)31-26(42-25(15-41-31)28-10-9-27(50-28)19(3)45)17-44-18(2)30(49-32(44)48)22-12-23(33(35,36)37)14-24(13-22)34(38,39)40/h9-10,12-15,18,20-21,30H,4-8,11,16-17H2,1-3H3,(H,46,47)/t18-,20?,21?,30?/m0/s1. The van der Waals surface area contributed by atoms with E-state index in [0.717, 1.165) is 25.7 Å². The zero-order valence-corrected chi connectivity index (χ0v) is 28.3. The second kappa shape index (κ2) is 14.6. The molecule has 5 rings (SSSR count). The van der Waals surface area contributed by atoms with Crippen LogP contribution in [0.3, 0.4) is 0 Å². The lowest BCUT2D eigenvalue weighted by molar-refractivity contribution is -0.143. The Kier molecular flexibility index (Phi) is 10.8. The first-order chi connectivity index (χ1) is 23.4. The van der Waals surface area contributed by atoms with Crippen molar-refractivity contribution in [3.8, 4) is 10.6 Å². The normalized spacial score (nSPS) is 21.3. The van der Waals surface area contributed by atoms with E-state index in [0.29, 0.717) is 52.2 Å². The molecule has 3 aromatic rings. The van der Waals surface area contributed by atoms with Crippen molar-refractivity contribution in [2.45, 2.75) is 83.9 Å². The van der Waals surface area contributed by atoms with Crippen LogP contribution < -0.4 is 4.90 Å². The second-order valence-corrected chi connectivity index (χ2v) is 13.9. The molecule has 1 saturated heterocycles. The first-order valence-electron chi connectivity index (χ1n) is 16.1. The van der Waals surface area contributed by atoms with Gasteiger partial charge in [-0.1, -0.05) is 0 Å². The molecule has 0 bridgehead atoms. The van der Waals surface area contributed by atoms with Crippen LogP contribution in [0.4, 0.5) is 37.0 Å². The van der Waals surface area contributed by atoms with Crippen LogP contribution in [0.1, 0.15) is 91.0 Å². The molecule has 1 amide bonds. The fraction of sp³-hybridized carbons (Fsp3) is 0.500. The lowest BCUT2D eigenvalue weighted by Crippen LogP contribution is -2.36. The first kappa shape index (κ1) is 37.1. The highest BCUT2D eigenvalue weighted by Crippen LogP contribution is 2.42. The molecule has 1 aromatic carbocycles. The van der Waals surface area contributed by atoms with Gasteiger partial charge in [-0.2, -0.15) is 26.3 Å². The zero-order valence-electron chi connectivity index (χ0n) is 27.5. The fourth-order valence-corrected chi connectivity index (χ4v) is 7.44. The van der Waals surface area contributed by atoms with Gasteiger partial charge in [0.25, 0.3) is 0 Å². The summed E-state index contributed by atoms with van der Waals surface area (Å²) >= 11 is 1.21. The molecular weight excluding hydrogens is 690 g/mol. The number of carbonyl (C=O) groups excluding carboxylic acids is 2. The van der Waals surface area contributed by atoms with Gasteiger partial charge in [-0.15, -0.1) is 11.3 Å². The first-order valence-corrected chi connectivity index (χ1v) is 17.0. The summed E-state index contributed by atoms with van der Waals surface area (Å²) in [6.45, 7) is 5.68. The van der Waals surface area contributed by atoms with Gasteiger partial charge in [-0.25, -0.2) is 14.8 Å². The summed E-state index contributed by atoms with van der Waals surface area (Å²) in [6.07, 6.45) is -7.69. The van der Waals surface area contributed by atoms with Crippen LogP contribution >= 0.6 is 11.3 Å². The number of alkyl halides is 6. The van der Waals surface area contributed by atoms with E-state index < -0.39 is 53.3 Å². The highest BCUT2D eigenvalue weighted by molar-refractivity contribution is 7.17. The number of aromatic nitrogens is 2. The minimum Gasteiger partial charge on any atom is -0.481 e. The molecule has 1 saturated carbocycles. The monoisotopic (exact) mass is 726 g/mol. The van der Waals surface area contributed by atoms with Gasteiger partial charge in [-0.3, -0.25) is 14.5 Å². The summed E-state index contributed by atoms with van der Waals surface area (Å²) in [5.74, 6) is -0.179. The number of ether oxygens (including phenoxy) is 1. The molecule has 1 aliphatic heterocycles. The third-order valence-corrected chi connectivity index (χ3v) is 10.5. The molecule has 2 atom stereocenters. The topological polar surface area (TPSA) is 113 Å². The molecule has 270 valence electrons. The minimum atomic E-state index is -5.07. The van der Waals surface area contributed by atoms with E-state index in [4.69, 9.17) is 14.7 Å². The van der Waals surface area contributed by atoms with E-state index in [2.05, 4.69) is 0 Å². The second-order valence-electron chi connectivity index (χ2n) is 12.8. The molecule has 1 unspecified atom stereocenters. The van der Waals surface area contributed by atoms with Gasteiger partial charge in [0.05, 0.1) is 45.4 Å². The Morgan fingerprint density at radius 3 is 2.18 bits per heavy atom. The number of carboxylic acid groups (broad SMARTS) is 1. The minimum absolute atomic E-state index is 0.0239. The third-order valence-electron chi connectivity index (χ3n) is 9.27. The molecule has 16 heteroatoms. The van der Waals surface area contributed by atoms with Crippen molar-refractivity contribution in [2.24, 2.45) is 11.8 Å². The maximum Gasteiger partial charge on any atom is 0.416 e. The molecule has 0 radical (unpaired) electrons. The maximum absolute atomic E-state index is 13.6. The van der Waals surface area contributed by atoms with Gasteiger partial charge < -0.3 is 14.7 Å². The van der Waals surface area contributed by atoms with E-state index in [1.165, 1.54) is 30.1 Å². The molecule has 2 aliphatic rings. The van der Waals surface area contributed by atoms with E-state index in [9.17, 15) is 45.8 Å². The number of thiophene rings is 1. The number of Topliss-reactive ketones (excluding diaryl/α,β-unsaturated/α-hetero) is 1. The highest BCUT2D eigenvalue weighted by Gasteiger charge is 2.44. The number of rotatable bonds is 11. The average Bonchev–Trinajstić information content (AvgIpc) is 3.65. The summed E-state index contributed by atoms with van der Waals surface area (Å²) in [7, 11) is 0. The van der Waals surface area contributed by atoms with Crippen molar-refractivity contribution < 1.29 is 50.6 Å². The van der Waals surface area contributed by atoms with Gasteiger partial charge >= 0.3 is 24.4 Å². The summed E-state index contributed by atoms with van der Waals surface area (Å²) in [6, 6.07) is 3.54. The number of nitrogens with zero attached hydrogens (tertiary/aromatic N) is 4. The Hall–Kier alpha value is -4.21. The summed E-state index contributed by atoms with van der Waals surface area (Å²) in [5.41, 5.74) is -2.73. The Bertz CT molecular complexity index is 1710. The number of halogens is 6. The van der Waals surface area contributed by atoms with Crippen molar-refractivity contribution >= 4 is 35.0 Å². The molecule has 0 spiro atoms. The molecule has 2 fully saturated rings. The van der Waals surface area contributed by atoms with Crippen LogP contribution in [0.25, 0.3) is 10.6 Å². The van der Waals surface area contributed by atoms with Crippen molar-refractivity contribution in [1.82, 2.24) is 14.9 Å². The molecule has 1 N–H and O–H groups in total. The summed E-state index contributed by atoms with van der Waals surface area (Å²) in [5, 5.41) is 9.19. The summed E-state index contributed by atoms with van der Waals surface area (Å²) < 4.78 is 87.2. The van der Waals surface area contributed by atoms with Crippen molar-refractivity contribution in [2.75, 3.05) is 18.0 Å². The van der Waals surface area contributed by atoms with Crippen LogP contribution in [0.5, 0.6) is 0 Å². The zero-order chi connectivity index (χ0) is 36.5. The van der Waals surface area contributed by atoms with Gasteiger partial charge in [0.2, 0.25) is 0 Å². The largest absolute Gasteiger partial charge is 0.481 e.